The molecule has 0 spiro atoms. The van der Waals surface area contributed by atoms with Gasteiger partial charge in [-0.1, -0.05) is 71.2 Å². The van der Waals surface area contributed by atoms with Crippen molar-refractivity contribution in [1.29, 1.82) is 0 Å². The Bertz CT molecular complexity index is 1030. The minimum Gasteiger partial charge on any atom is -0.378 e. The molecule has 1 atom stereocenters. The number of rotatable bonds is 5. The highest BCUT2D eigenvalue weighted by atomic mass is 35.5. The van der Waals surface area contributed by atoms with Crippen molar-refractivity contribution < 1.29 is 5.11 Å². The molecule has 4 rings (SSSR count). The first-order valence-corrected chi connectivity index (χ1v) is 10.1. The zero-order valence-corrected chi connectivity index (χ0v) is 17.5. The van der Waals surface area contributed by atoms with E-state index in [9.17, 15) is 5.11 Å². The van der Waals surface area contributed by atoms with Gasteiger partial charge in [0.15, 0.2) is 0 Å². The molecule has 0 aliphatic rings. The Labute approximate surface area is 184 Å². The van der Waals surface area contributed by atoms with Gasteiger partial charge in [0.05, 0.1) is 12.4 Å². The van der Waals surface area contributed by atoms with Crippen LogP contribution in [0.25, 0.3) is 0 Å². The van der Waals surface area contributed by atoms with Gasteiger partial charge in [-0.05, 0) is 53.1 Å². The third kappa shape index (κ3) is 3.92. The van der Waals surface area contributed by atoms with Gasteiger partial charge in [0.2, 0.25) is 0 Å². The SMILES string of the molecule is OC(c1ccc(Cl)cc1)(c1ccc(Cl)cc1)[C@H](c1ccc(Cl)cc1)n1ccnc1. The van der Waals surface area contributed by atoms with Crippen molar-refractivity contribution in [2.24, 2.45) is 0 Å². The van der Waals surface area contributed by atoms with Crippen LogP contribution in [0.15, 0.2) is 91.5 Å². The molecule has 0 unspecified atom stereocenters. The zero-order chi connectivity index (χ0) is 20.4. The maximum absolute atomic E-state index is 12.3. The molecule has 0 saturated heterocycles. The van der Waals surface area contributed by atoms with E-state index in [1.165, 1.54) is 0 Å². The number of halogens is 3. The lowest BCUT2D eigenvalue weighted by Gasteiger charge is -2.38. The van der Waals surface area contributed by atoms with E-state index in [4.69, 9.17) is 34.8 Å². The third-order valence-electron chi connectivity index (χ3n) is 4.97. The second kappa shape index (κ2) is 8.21. The number of benzene rings is 3. The molecule has 0 fully saturated rings. The van der Waals surface area contributed by atoms with Gasteiger partial charge in [-0.2, -0.15) is 0 Å². The highest BCUT2D eigenvalue weighted by Gasteiger charge is 2.42. The molecule has 1 heterocycles. The fraction of sp³-hybridized carbons (Fsp3) is 0.0870. The number of aliphatic hydroxyl groups is 1. The normalized spacial score (nSPS) is 12.7. The minimum atomic E-state index is -1.43. The van der Waals surface area contributed by atoms with Crippen molar-refractivity contribution in [2.45, 2.75) is 11.6 Å². The lowest BCUT2D eigenvalue weighted by molar-refractivity contribution is 0.0382. The first-order valence-electron chi connectivity index (χ1n) is 8.96. The Morgan fingerprint density at radius 1 is 0.724 bits per heavy atom. The van der Waals surface area contributed by atoms with Gasteiger partial charge in [0.25, 0.3) is 0 Å². The zero-order valence-electron chi connectivity index (χ0n) is 15.2. The van der Waals surface area contributed by atoms with E-state index < -0.39 is 11.6 Å². The molecule has 3 aromatic carbocycles. The highest BCUT2D eigenvalue weighted by Crippen LogP contribution is 2.44. The number of hydrogen-bond donors (Lipinski definition) is 1. The van der Waals surface area contributed by atoms with Crippen LogP contribution in [0, 0.1) is 0 Å². The molecule has 0 aliphatic heterocycles. The van der Waals surface area contributed by atoms with Gasteiger partial charge in [0, 0.05) is 27.5 Å². The minimum absolute atomic E-state index is 0.510. The van der Waals surface area contributed by atoms with Gasteiger partial charge < -0.3 is 9.67 Å². The summed E-state index contributed by atoms with van der Waals surface area (Å²) >= 11 is 18.3. The standard InChI is InChI=1S/C23H17Cl3N2O/c24-19-7-1-16(2-8-19)22(28-14-13-27-15-28)23(29,17-3-9-20(25)10-4-17)18-5-11-21(26)12-6-18/h1-15,22,29H/t22-/m0/s1. The fourth-order valence-corrected chi connectivity index (χ4v) is 3.96. The van der Waals surface area contributed by atoms with Crippen molar-refractivity contribution in [2.75, 3.05) is 0 Å². The summed E-state index contributed by atoms with van der Waals surface area (Å²) in [5.74, 6) is 0. The molecule has 29 heavy (non-hydrogen) atoms. The summed E-state index contributed by atoms with van der Waals surface area (Å²) in [7, 11) is 0. The molecular weight excluding hydrogens is 427 g/mol. The maximum Gasteiger partial charge on any atom is 0.139 e. The summed E-state index contributed by atoms with van der Waals surface area (Å²) in [6.45, 7) is 0. The molecular formula is C23H17Cl3N2O. The molecule has 1 N–H and O–H groups in total. The van der Waals surface area contributed by atoms with Crippen molar-refractivity contribution in [3.05, 3.63) is 123 Å². The van der Waals surface area contributed by atoms with Crippen molar-refractivity contribution in [1.82, 2.24) is 9.55 Å². The summed E-state index contributed by atoms with van der Waals surface area (Å²) in [5, 5.41) is 14.1. The fourth-order valence-electron chi connectivity index (χ4n) is 3.59. The average molecular weight is 444 g/mol. The predicted molar refractivity (Wildman–Crippen MR) is 118 cm³/mol. The summed E-state index contributed by atoms with van der Waals surface area (Å²) in [6.07, 6.45) is 5.21. The third-order valence-corrected chi connectivity index (χ3v) is 5.73. The molecule has 0 radical (unpaired) electrons. The molecule has 0 saturated carbocycles. The molecule has 0 amide bonds. The number of nitrogens with zero attached hydrogens (tertiary/aromatic N) is 2. The van der Waals surface area contributed by atoms with Gasteiger partial charge in [-0.25, -0.2) is 4.98 Å². The van der Waals surface area contributed by atoms with E-state index in [0.29, 0.717) is 26.2 Å². The Morgan fingerprint density at radius 2 is 1.17 bits per heavy atom. The average Bonchev–Trinajstić information content (AvgIpc) is 3.24. The van der Waals surface area contributed by atoms with Gasteiger partial charge >= 0.3 is 0 Å². The second-order valence-corrected chi connectivity index (χ2v) is 8.05. The van der Waals surface area contributed by atoms with E-state index in [-0.39, 0.29) is 0 Å². The van der Waals surface area contributed by atoms with Crippen LogP contribution in [0.3, 0.4) is 0 Å². The Morgan fingerprint density at radius 3 is 1.59 bits per heavy atom. The second-order valence-electron chi connectivity index (χ2n) is 6.74. The molecule has 0 aliphatic carbocycles. The first kappa shape index (κ1) is 20.0. The molecule has 6 heteroatoms. The lowest BCUT2D eigenvalue weighted by atomic mass is 9.77. The van der Waals surface area contributed by atoms with Crippen LogP contribution < -0.4 is 0 Å². The van der Waals surface area contributed by atoms with Crippen LogP contribution in [-0.4, -0.2) is 14.7 Å². The molecule has 0 bridgehead atoms. The van der Waals surface area contributed by atoms with Crippen LogP contribution in [0.5, 0.6) is 0 Å². The molecule has 3 nitrogen and oxygen atoms in total. The summed E-state index contributed by atoms with van der Waals surface area (Å²) in [5.41, 5.74) is 0.833. The van der Waals surface area contributed by atoms with E-state index >= 15 is 0 Å². The topological polar surface area (TPSA) is 38.0 Å². The maximum atomic E-state index is 12.3. The van der Waals surface area contributed by atoms with Crippen molar-refractivity contribution in [3.8, 4) is 0 Å². The van der Waals surface area contributed by atoms with Crippen molar-refractivity contribution >= 4 is 34.8 Å². The Balaban J connectivity index is 1.99. The number of imidazole rings is 1. The lowest BCUT2D eigenvalue weighted by Crippen LogP contribution is -2.38. The van der Waals surface area contributed by atoms with E-state index in [0.717, 1.165) is 5.56 Å². The predicted octanol–water partition coefficient (Wildman–Crippen LogP) is 6.37. The van der Waals surface area contributed by atoms with Gasteiger partial charge in [-0.15, -0.1) is 0 Å². The molecule has 1 aromatic heterocycles. The number of hydrogen-bond acceptors (Lipinski definition) is 2. The smallest absolute Gasteiger partial charge is 0.139 e. The monoisotopic (exact) mass is 442 g/mol. The Hall–Kier alpha value is -2.30. The van der Waals surface area contributed by atoms with Crippen molar-refractivity contribution in [3.63, 3.8) is 0 Å². The van der Waals surface area contributed by atoms with Gasteiger partial charge in [0.1, 0.15) is 5.60 Å². The van der Waals surface area contributed by atoms with E-state index in [2.05, 4.69) is 4.98 Å². The van der Waals surface area contributed by atoms with E-state index in [1.807, 2.05) is 59.3 Å². The quantitative estimate of drug-likeness (QED) is 0.389. The highest BCUT2D eigenvalue weighted by molar-refractivity contribution is 6.31. The Kier molecular flexibility index (Phi) is 5.66. The van der Waals surface area contributed by atoms with Crippen LogP contribution in [-0.2, 0) is 5.60 Å². The first-order chi connectivity index (χ1) is 14.0. The van der Waals surface area contributed by atoms with Crippen LogP contribution in [0.4, 0.5) is 0 Å². The van der Waals surface area contributed by atoms with Crippen LogP contribution in [0.2, 0.25) is 15.1 Å². The summed E-state index contributed by atoms with van der Waals surface area (Å²) in [4.78, 5) is 4.20. The van der Waals surface area contributed by atoms with E-state index in [1.54, 1.807) is 36.8 Å². The summed E-state index contributed by atoms with van der Waals surface area (Å²) < 4.78 is 1.88. The molecule has 4 aromatic rings. The summed E-state index contributed by atoms with van der Waals surface area (Å²) in [6, 6.07) is 21.3. The van der Waals surface area contributed by atoms with Crippen LogP contribution >= 0.6 is 34.8 Å². The largest absolute Gasteiger partial charge is 0.378 e. The molecule has 146 valence electrons. The van der Waals surface area contributed by atoms with Crippen LogP contribution in [0.1, 0.15) is 22.7 Å². The van der Waals surface area contributed by atoms with Gasteiger partial charge in [-0.3, -0.25) is 0 Å². The number of aromatic nitrogens is 2.